The number of nitrogens with one attached hydrogen (secondary N) is 2. The Balaban J connectivity index is 2.26. The highest BCUT2D eigenvalue weighted by atomic mass is 19.1. The van der Waals surface area contributed by atoms with E-state index < -0.39 is 0 Å². The monoisotopic (exact) mass is 244 g/mol. The lowest BCUT2D eigenvalue weighted by atomic mass is 10.1. The third kappa shape index (κ3) is 1.64. The number of nitrogens with two attached hydrogens (primary N) is 1. The van der Waals surface area contributed by atoms with Crippen molar-refractivity contribution < 1.29 is 4.39 Å². The third-order valence-electron chi connectivity index (χ3n) is 2.65. The molecule has 5 nitrogen and oxygen atoms in total. The van der Waals surface area contributed by atoms with Gasteiger partial charge in [0.25, 0.3) is 5.56 Å². The van der Waals surface area contributed by atoms with Gasteiger partial charge in [0.1, 0.15) is 11.5 Å². The molecule has 18 heavy (non-hydrogen) atoms. The van der Waals surface area contributed by atoms with Crippen LogP contribution in [0.1, 0.15) is 0 Å². The first kappa shape index (κ1) is 10.5. The first-order valence-electron chi connectivity index (χ1n) is 5.28. The molecule has 6 heteroatoms. The van der Waals surface area contributed by atoms with Crippen LogP contribution in [0.4, 0.5) is 10.3 Å². The highest BCUT2D eigenvalue weighted by Crippen LogP contribution is 2.22. The minimum atomic E-state index is -0.340. The molecule has 2 heterocycles. The lowest BCUT2D eigenvalue weighted by Gasteiger charge is -1.96. The van der Waals surface area contributed by atoms with Crippen LogP contribution in [-0.4, -0.2) is 15.0 Å². The van der Waals surface area contributed by atoms with Crippen LogP contribution in [0.15, 0.2) is 35.1 Å². The number of H-pyrrole nitrogens is 2. The summed E-state index contributed by atoms with van der Waals surface area (Å²) < 4.78 is 13.1. The van der Waals surface area contributed by atoms with E-state index in [1.165, 1.54) is 12.1 Å². The van der Waals surface area contributed by atoms with E-state index in [0.717, 1.165) is 0 Å². The zero-order valence-corrected chi connectivity index (χ0v) is 9.20. The van der Waals surface area contributed by atoms with E-state index in [0.29, 0.717) is 22.3 Å². The summed E-state index contributed by atoms with van der Waals surface area (Å²) in [5.74, 6) is -0.298. The number of anilines is 1. The Bertz CT molecular complexity index is 790. The standard InChI is InChI=1S/C12H9FN4O/c13-7-3-1-2-6(4-7)9-5-8-10(15-9)16-12(14)17-11(8)18/h1-5H,(H4,14,15,16,17,18). The van der Waals surface area contributed by atoms with Crippen LogP contribution < -0.4 is 11.3 Å². The Kier molecular flexibility index (Phi) is 2.16. The van der Waals surface area contributed by atoms with Crippen LogP contribution in [0.2, 0.25) is 0 Å². The predicted molar refractivity (Wildman–Crippen MR) is 66.5 cm³/mol. The normalized spacial score (nSPS) is 10.9. The van der Waals surface area contributed by atoms with Crippen LogP contribution in [0, 0.1) is 5.82 Å². The molecule has 0 saturated heterocycles. The molecule has 0 aliphatic heterocycles. The van der Waals surface area contributed by atoms with Gasteiger partial charge in [0.15, 0.2) is 0 Å². The van der Waals surface area contributed by atoms with Crippen LogP contribution in [0.25, 0.3) is 22.3 Å². The van der Waals surface area contributed by atoms with Crippen molar-refractivity contribution in [3.63, 3.8) is 0 Å². The molecule has 0 bridgehead atoms. The van der Waals surface area contributed by atoms with E-state index in [4.69, 9.17) is 5.73 Å². The van der Waals surface area contributed by atoms with E-state index in [1.54, 1.807) is 18.2 Å². The second kappa shape index (κ2) is 3.69. The molecule has 3 aromatic rings. The molecule has 0 aliphatic carbocycles. The van der Waals surface area contributed by atoms with Crippen LogP contribution in [0.5, 0.6) is 0 Å². The average molecular weight is 244 g/mol. The van der Waals surface area contributed by atoms with Crippen molar-refractivity contribution in [2.75, 3.05) is 5.73 Å². The second-order valence-corrected chi connectivity index (χ2v) is 3.91. The lowest BCUT2D eigenvalue weighted by Crippen LogP contribution is -2.09. The third-order valence-corrected chi connectivity index (χ3v) is 2.65. The van der Waals surface area contributed by atoms with Crippen molar-refractivity contribution in [3.8, 4) is 11.3 Å². The summed E-state index contributed by atoms with van der Waals surface area (Å²) >= 11 is 0. The number of rotatable bonds is 1. The summed E-state index contributed by atoms with van der Waals surface area (Å²) in [6, 6.07) is 7.69. The van der Waals surface area contributed by atoms with Gasteiger partial charge in [0, 0.05) is 11.3 Å². The highest BCUT2D eigenvalue weighted by Gasteiger charge is 2.08. The molecule has 2 aromatic heterocycles. The zero-order chi connectivity index (χ0) is 12.7. The molecule has 3 rings (SSSR count). The number of hydrogen-bond donors (Lipinski definition) is 3. The van der Waals surface area contributed by atoms with Gasteiger partial charge in [-0.2, -0.15) is 4.98 Å². The van der Waals surface area contributed by atoms with Gasteiger partial charge >= 0.3 is 0 Å². The summed E-state index contributed by atoms with van der Waals surface area (Å²) in [4.78, 5) is 21.0. The zero-order valence-electron chi connectivity index (χ0n) is 9.20. The Morgan fingerprint density at radius 1 is 1.22 bits per heavy atom. The number of nitrogen functional groups attached to an aromatic ring is 1. The van der Waals surface area contributed by atoms with E-state index in [1.807, 2.05) is 0 Å². The molecule has 0 aliphatic rings. The quantitative estimate of drug-likeness (QED) is 0.608. The largest absolute Gasteiger partial charge is 0.369 e. The minimum Gasteiger partial charge on any atom is -0.369 e. The van der Waals surface area contributed by atoms with E-state index in [-0.39, 0.29) is 17.3 Å². The van der Waals surface area contributed by atoms with E-state index >= 15 is 0 Å². The fraction of sp³-hybridized carbons (Fsp3) is 0. The minimum absolute atomic E-state index is 0.0418. The number of benzene rings is 1. The molecule has 0 amide bonds. The van der Waals surface area contributed by atoms with Crippen molar-refractivity contribution in [1.82, 2.24) is 15.0 Å². The van der Waals surface area contributed by atoms with Gasteiger partial charge in [-0.15, -0.1) is 0 Å². The number of nitrogens with zero attached hydrogens (tertiary/aromatic N) is 1. The van der Waals surface area contributed by atoms with Gasteiger partial charge in [-0.25, -0.2) is 4.39 Å². The summed E-state index contributed by atoms with van der Waals surface area (Å²) in [5.41, 5.74) is 6.78. The summed E-state index contributed by atoms with van der Waals surface area (Å²) in [5, 5.41) is 0.392. The summed E-state index contributed by atoms with van der Waals surface area (Å²) in [6.07, 6.45) is 0. The predicted octanol–water partition coefficient (Wildman–Crippen LogP) is 1.64. The molecule has 90 valence electrons. The first-order valence-corrected chi connectivity index (χ1v) is 5.28. The summed E-state index contributed by atoms with van der Waals surface area (Å²) in [6.45, 7) is 0. The first-order chi connectivity index (χ1) is 8.63. The SMILES string of the molecule is Nc1nc2[nH]c(-c3cccc(F)c3)cc2c(=O)[nH]1. The van der Waals surface area contributed by atoms with Gasteiger partial charge in [-0.05, 0) is 18.2 Å². The number of aromatic nitrogens is 3. The van der Waals surface area contributed by atoms with E-state index in [9.17, 15) is 9.18 Å². The fourth-order valence-electron chi connectivity index (χ4n) is 1.85. The number of aromatic amines is 2. The smallest absolute Gasteiger partial charge is 0.261 e. The maximum absolute atomic E-state index is 13.1. The Hall–Kier alpha value is -2.63. The van der Waals surface area contributed by atoms with Crippen LogP contribution in [0.3, 0.4) is 0 Å². The second-order valence-electron chi connectivity index (χ2n) is 3.91. The molecular weight excluding hydrogens is 235 g/mol. The Labute approximate surface area is 100 Å². The topological polar surface area (TPSA) is 87.6 Å². The fourth-order valence-corrected chi connectivity index (χ4v) is 1.85. The lowest BCUT2D eigenvalue weighted by molar-refractivity contribution is 0.628. The Morgan fingerprint density at radius 2 is 2.06 bits per heavy atom. The molecule has 0 unspecified atom stereocenters. The van der Waals surface area contributed by atoms with Crippen molar-refractivity contribution >= 4 is 17.0 Å². The molecule has 0 spiro atoms. The van der Waals surface area contributed by atoms with Crippen LogP contribution >= 0.6 is 0 Å². The number of hydrogen-bond acceptors (Lipinski definition) is 3. The Morgan fingerprint density at radius 3 is 2.83 bits per heavy atom. The molecule has 4 N–H and O–H groups in total. The van der Waals surface area contributed by atoms with Gasteiger partial charge in [-0.1, -0.05) is 12.1 Å². The molecule has 1 aromatic carbocycles. The van der Waals surface area contributed by atoms with Crippen molar-refractivity contribution in [3.05, 3.63) is 46.5 Å². The average Bonchev–Trinajstić information content (AvgIpc) is 2.73. The molecule has 0 saturated carbocycles. The highest BCUT2D eigenvalue weighted by molar-refractivity contribution is 5.82. The van der Waals surface area contributed by atoms with E-state index in [2.05, 4.69) is 15.0 Å². The number of fused-ring (bicyclic) bond motifs is 1. The van der Waals surface area contributed by atoms with Crippen molar-refractivity contribution in [1.29, 1.82) is 0 Å². The maximum atomic E-state index is 13.1. The van der Waals surface area contributed by atoms with Gasteiger partial charge in [0.2, 0.25) is 5.95 Å². The number of halogens is 1. The van der Waals surface area contributed by atoms with Gasteiger partial charge in [0.05, 0.1) is 5.39 Å². The maximum Gasteiger partial charge on any atom is 0.261 e. The van der Waals surface area contributed by atoms with Crippen molar-refractivity contribution in [2.24, 2.45) is 0 Å². The van der Waals surface area contributed by atoms with Gasteiger partial charge in [-0.3, -0.25) is 9.78 Å². The van der Waals surface area contributed by atoms with Crippen LogP contribution in [-0.2, 0) is 0 Å². The van der Waals surface area contributed by atoms with Crippen molar-refractivity contribution in [2.45, 2.75) is 0 Å². The molecule has 0 atom stereocenters. The van der Waals surface area contributed by atoms with Gasteiger partial charge < -0.3 is 10.7 Å². The molecule has 0 fully saturated rings. The molecular formula is C12H9FN4O. The molecule has 0 radical (unpaired) electrons. The summed E-state index contributed by atoms with van der Waals surface area (Å²) in [7, 11) is 0.